The van der Waals surface area contributed by atoms with E-state index in [1.165, 1.54) is 0 Å². The van der Waals surface area contributed by atoms with Gasteiger partial charge in [0.2, 0.25) is 5.91 Å². The van der Waals surface area contributed by atoms with Gasteiger partial charge in [0.1, 0.15) is 5.54 Å². The van der Waals surface area contributed by atoms with Crippen LogP contribution in [-0.4, -0.2) is 46.5 Å². The molecule has 1 unspecified atom stereocenters. The van der Waals surface area contributed by atoms with Crippen LogP contribution in [-0.2, 0) is 9.59 Å². The maximum Gasteiger partial charge on any atom is 0.329 e. The van der Waals surface area contributed by atoms with Crippen molar-refractivity contribution in [1.29, 1.82) is 0 Å². The summed E-state index contributed by atoms with van der Waals surface area (Å²) in [4.78, 5) is 37.9. The second-order valence-electron chi connectivity index (χ2n) is 6.81. The highest BCUT2D eigenvalue weighted by atomic mass is 16.4. The van der Waals surface area contributed by atoms with Crippen molar-refractivity contribution >= 4 is 23.6 Å². The van der Waals surface area contributed by atoms with Crippen LogP contribution in [0.15, 0.2) is 30.3 Å². The minimum Gasteiger partial charge on any atom is -0.480 e. The van der Waals surface area contributed by atoms with E-state index in [9.17, 15) is 19.5 Å². The van der Waals surface area contributed by atoms with E-state index in [4.69, 9.17) is 0 Å². The van der Waals surface area contributed by atoms with Gasteiger partial charge in [-0.2, -0.15) is 0 Å². The summed E-state index contributed by atoms with van der Waals surface area (Å²) >= 11 is 0. The molecule has 1 atom stereocenters. The van der Waals surface area contributed by atoms with Gasteiger partial charge >= 0.3 is 12.0 Å². The van der Waals surface area contributed by atoms with Gasteiger partial charge in [-0.25, -0.2) is 9.59 Å². The Morgan fingerprint density at radius 1 is 1.12 bits per heavy atom. The highest BCUT2D eigenvalue weighted by Crippen LogP contribution is 2.33. The van der Waals surface area contributed by atoms with E-state index in [0.29, 0.717) is 38.0 Å². The van der Waals surface area contributed by atoms with E-state index in [0.717, 1.165) is 12.8 Å². The molecule has 134 valence electrons. The Morgan fingerprint density at radius 2 is 1.84 bits per heavy atom. The summed E-state index contributed by atoms with van der Waals surface area (Å²) in [5.74, 6) is -1.60. The zero-order chi connectivity index (χ0) is 17.9. The summed E-state index contributed by atoms with van der Waals surface area (Å²) in [5, 5.41) is 14.9. The van der Waals surface area contributed by atoms with Gasteiger partial charge in [0, 0.05) is 18.8 Å². The largest absolute Gasteiger partial charge is 0.480 e. The highest BCUT2D eigenvalue weighted by Gasteiger charge is 2.46. The number of aliphatic carboxylic acids is 1. The van der Waals surface area contributed by atoms with Gasteiger partial charge in [-0.15, -0.1) is 0 Å². The lowest BCUT2D eigenvalue weighted by Gasteiger charge is -2.40. The van der Waals surface area contributed by atoms with E-state index in [-0.39, 0.29) is 17.9 Å². The number of carboxylic acids is 1. The number of rotatable bonds is 4. The average molecular weight is 345 g/mol. The smallest absolute Gasteiger partial charge is 0.329 e. The molecule has 7 heteroatoms. The number of benzene rings is 1. The summed E-state index contributed by atoms with van der Waals surface area (Å²) in [6.07, 6.45) is 3.14. The first-order valence-corrected chi connectivity index (χ1v) is 8.67. The molecule has 1 saturated carbocycles. The maximum atomic E-state index is 12.5. The molecule has 0 bridgehead atoms. The number of anilines is 1. The van der Waals surface area contributed by atoms with Gasteiger partial charge in [-0.1, -0.05) is 18.2 Å². The van der Waals surface area contributed by atoms with Crippen LogP contribution in [0.3, 0.4) is 0 Å². The zero-order valence-electron chi connectivity index (χ0n) is 14.0. The molecule has 3 rings (SSSR count). The third-order valence-corrected chi connectivity index (χ3v) is 5.08. The van der Waals surface area contributed by atoms with Crippen LogP contribution in [0.2, 0.25) is 0 Å². The Bertz CT molecular complexity index is 658. The molecule has 1 aliphatic heterocycles. The van der Waals surface area contributed by atoms with Crippen LogP contribution in [0.1, 0.15) is 32.1 Å². The number of carbonyl (C=O) groups is 3. The lowest BCUT2D eigenvalue weighted by molar-refractivity contribution is -0.152. The van der Waals surface area contributed by atoms with E-state index in [1.807, 2.05) is 18.2 Å². The summed E-state index contributed by atoms with van der Waals surface area (Å²) in [6, 6.07) is 8.92. The van der Waals surface area contributed by atoms with E-state index >= 15 is 0 Å². The Hall–Kier alpha value is -2.57. The molecular formula is C18H23N3O4. The molecule has 3 N–H and O–H groups in total. The molecule has 1 aliphatic carbocycles. The van der Waals surface area contributed by atoms with Crippen LogP contribution < -0.4 is 10.6 Å². The number of carbonyl (C=O) groups excluding carboxylic acids is 2. The Labute approximate surface area is 146 Å². The first-order chi connectivity index (χ1) is 12.0. The summed E-state index contributed by atoms with van der Waals surface area (Å²) in [7, 11) is 0. The van der Waals surface area contributed by atoms with Crippen molar-refractivity contribution in [2.75, 3.05) is 18.4 Å². The monoisotopic (exact) mass is 345 g/mol. The third kappa shape index (κ3) is 3.75. The fourth-order valence-electron chi connectivity index (χ4n) is 3.36. The molecule has 1 aromatic carbocycles. The van der Waals surface area contributed by atoms with Crippen molar-refractivity contribution in [2.24, 2.45) is 5.92 Å². The minimum atomic E-state index is -1.11. The van der Waals surface area contributed by atoms with Crippen molar-refractivity contribution < 1.29 is 19.5 Å². The van der Waals surface area contributed by atoms with Crippen LogP contribution in [0, 0.1) is 5.92 Å². The van der Waals surface area contributed by atoms with Crippen LogP contribution in [0.5, 0.6) is 0 Å². The number of hydrogen-bond acceptors (Lipinski definition) is 3. The maximum absolute atomic E-state index is 12.5. The van der Waals surface area contributed by atoms with Gasteiger partial charge in [-0.3, -0.25) is 4.79 Å². The van der Waals surface area contributed by atoms with E-state index < -0.39 is 11.5 Å². The van der Waals surface area contributed by atoms with Crippen molar-refractivity contribution in [3.8, 4) is 0 Å². The summed E-state index contributed by atoms with van der Waals surface area (Å²) < 4.78 is 0. The number of nitrogens with zero attached hydrogens (tertiary/aromatic N) is 1. The number of piperidine rings is 1. The van der Waals surface area contributed by atoms with Crippen molar-refractivity contribution in [2.45, 2.75) is 37.6 Å². The fraction of sp³-hybridized carbons (Fsp3) is 0.500. The van der Waals surface area contributed by atoms with Crippen molar-refractivity contribution in [3.63, 3.8) is 0 Å². The standard InChI is InChI=1S/C18H23N3O4/c22-15(20-18(16(23)24)9-5-10-18)13-6-4-11-21(12-13)17(25)19-14-7-2-1-3-8-14/h1-3,7-8,13H,4-6,9-12H2,(H,19,25)(H,20,22)(H,23,24). The Balaban J connectivity index is 1.58. The molecule has 1 aromatic rings. The molecule has 0 aromatic heterocycles. The number of para-hydroxylation sites is 1. The molecular weight excluding hydrogens is 322 g/mol. The lowest BCUT2D eigenvalue weighted by atomic mass is 9.76. The predicted octanol–water partition coefficient (Wildman–Crippen LogP) is 2.05. The number of nitrogens with one attached hydrogen (secondary N) is 2. The predicted molar refractivity (Wildman–Crippen MR) is 92.1 cm³/mol. The van der Waals surface area contributed by atoms with Crippen molar-refractivity contribution in [1.82, 2.24) is 10.2 Å². The number of likely N-dealkylation sites (tertiary alicyclic amines) is 1. The molecule has 7 nitrogen and oxygen atoms in total. The first kappa shape index (κ1) is 17.3. The number of urea groups is 1. The molecule has 2 fully saturated rings. The van der Waals surface area contributed by atoms with Crippen LogP contribution in [0.4, 0.5) is 10.5 Å². The number of amides is 3. The van der Waals surface area contributed by atoms with E-state index in [1.54, 1.807) is 17.0 Å². The molecule has 3 amide bonds. The second-order valence-corrected chi connectivity index (χ2v) is 6.81. The molecule has 1 saturated heterocycles. The van der Waals surface area contributed by atoms with Gasteiger partial charge in [-0.05, 0) is 44.2 Å². The van der Waals surface area contributed by atoms with Gasteiger partial charge in [0.15, 0.2) is 0 Å². The zero-order valence-corrected chi connectivity index (χ0v) is 14.0. The topological polar surface area (TPSA) is 98.7 Å². The quantitative estimate of drug-likeness (QED) is 0.778. The van der Waals surface area contributed by atoms with E-state index in [2.05, 4.69) is 10.6 Å². The summed E-state index contributed by atoms with van der Waals surface area (Å²) in [5.41, 5.74) is -0.399. The van der Waals surface area contributed by atoms with Crippen molar-refractivity contribution in [3.05, 3.63) is 30.3 Å². The first-order valence-electron chi connectivity index (χ1n) is 8.67. The summed E-state index contributed by atoms with van der Waals surface area (Å²) in [6.45, 7) is 0.896. The number of hydrogen-bond donors (Lipinski definition) is 3. The lowest BCUT2D eigenvalue weighted by Crippen LogP contribution is -2.61. The van der Waals surface area contributed by atoms with Gasteiger partial charge in [0.05, 0.1) is 5.92 Å². The highest BCUT2D eigenvalue weighted by molar-refractivity contribution is 5.91. The molecule has 25 heavy (non-hydrogen) atoms. The molecule has 0 radical (unpaired) electrons. The minimum absolute atomic E-state index is 0.236. The molecule has 2 aliphatic rings. The fourth-order valence-corrected chi connectivity index (χ4v) is 3.36. The van der Waals surface area contributed by atoms with Crippen LogP contribution in [0.25, 0.3) is 0 Å². The average Bonchev–Trinajstić information content (AvgIpc) is 2.58. The Morgan fingerprint density at radius 3 is 2.44 bits per heavy atom. The Kier molecular flexibility index (Phi) is 4.92. The normalized spacial score (nSPS) is 21.8. The SMILES string of the molecule is O=C(NC1(C(=O)O)CCC1)C1CCCN(C(=O)Nc2ccccc2)C1. The molecule has 1 heterocycles. The van der Waals surface area contributed by atoms with Crippen LogP contribution >= 0.6 is 0 Å². The third-order valence-electron chi connectivity index (χ3n) is 5.08. The second kappa shape index (κ2) is 7.13. The molecule has 0 spiro atoms. The number of carboxylic acid groups (broad SMARTS) is 1. The van der Waals surface area contributed by atoms with Gasteiger partial charge < -0.3 is 20.6 Å². The van der Waals surface area contributed by atoms with Gasteiger partial charge in [0.25, 0.3) is 0 Å².